The molecule has 0 N–H and O–H groups in total. The Morgan fingerprint density at radius 1 is 1.38 bits per heavy atom. The number of thiophene rings is 1. The molecule has 1 saturated heterocycles. The van der Waals surface area contributed by atoms with Crippen molar-refractivity contribution in [3.8, 4) is 5.75 Å². The highest BCUT2D eigenvalue weighted by Gasteiger charge is 2.24. The van der Waals surface area contributed by atoms with Crippen LogP contribution in [0, 0.1) is 6.92 Å². The van der Waals surface area contributed by atoms with Crippen molar-refractivity contribution in [2.75, 3.05) is 33.8 Å². The molecule has 7 heteroatoms. The molecule has 1 fully saturated rings. The van der Waals surface area contributed by atoms with Gasteiger partial charge in [-0.3, -0.25) is 4.79 Å². The van der Waals surface area contributed by atoms with Gasteiger partial charge in [-0.15, -0.1) is 22.7 Å². The summed E-state index contributed by atoms with van der Waals surface area (Å²) in [6.07, 6.45) is 2.05. The van der Waals surface area contributed by atoms with Gasteiger partial charge >= 0.3 is 0 Å². The summed E-state index contributed by atoms with van der Waals surface area (Å²) < 4.78 is 8.23. The van der Waals surface area contributed by atoms with Gasteiger partial charge in [0.2, 0.25) is 0 Å². The van der Waals surface area contributed by atoms with Crippen LogP contribution in [0.25, 0.3) is 20.3 Å². The van der Waals surface area contributed by atoms with E-state index in [1.165, 1.54) is 0 Å². The van der Waals surface area contributed by atoms with E-state index in [1.807, 2.05) is 17.9 Å². The minimum atomic E-state index is 0.0752. The van der Waals surface area contributed by atoms with Crippen LogP contribution < -0.4 is 4.74 Å². The number of hydrogen-bond acceptors (Lipinski definition) is 6. The monoisotopic (exact) mass is 389 g/mol. The number of piperidine rings is 1. The molecule has 0 spiro atoms. The number of benzene rings is 1. The molecule has 5 nitrogen and oxygen atoms in total. The number of rotatable bonds is 4. The fourth-order valence-electron chi connectivity index (χ4n) is 3.57. The van der Waals surface area contributed by atoms with Gasteiger partial charge in [0.1, 0.15) is 5.75 Å². The standard InChI is InChI=1S/C19H23N3O2S2/c1-12-20-18-16(26-12)10-15(14-6-9-25-19(14)18)24-11-17(23)22-7-4-13(5-8-22)21(2)3/h6,9-10,13H,4-5,7-8,11H2,1-3H3. The first-order valence-electron chi connectivity index (χ1n) is 8.87. The maximum absolute atomic E-state index is 12.6. The minimum Gasteiger partial charge on any atom is -0.483 e. The van der Waals surface area contributed by atoms with Crippen molar-refractivity contribution in [3.05, 3.63) is 22.5 Å². The van der Waals surface area contributed by atoms with E-state index >= 15 is 0 Å². The normalized spacial score (nSPS) is 16.1. The average molecular weight is 390 g/mol. The van der Waals surface area contributed by atoms with Gasteiger partial charge in [0.25, 0.3) is 5.91 Å². The first-order chi connectivity index (χ1) is 12.5. The minimum absolute atomic E-state index is 0.0752. The van der Waals surface area contributed by atoms with Gasteiger partial charge in [-0.25, -0.2) is 4.98 Å². The van der Waals surface area contributed by atoms with Crippen LogP contribution in [0.4, 0.5) is 0 Å². The molecule has 1 aliphatic heterocycles. The van der Waals surface area contributed by atoms with E-state index in [9.17, 15) is 4.79 Å². The summed E-state index contributed by atoms with van der Waals surface area (Å²) in [5.74, 6) is 0.861. The topological polar surface area (TPSA) is 45.7 Å². The van der Waals surface area contributed by atoms with E-state index in [0.29, 0.717) is 6.04 Å². The van der Waals surface area contributed by atoms with E-state index in [1.54, 1.807) is 22.7 Å². The van der Waals surface area contributed by atoms with Crippen LogP contribution in [-0.2, 0) is 4.79 Å². The number of aromatic nitrogens is 1. The summed E-state index contributed by atoms with van der Waals surface area (Å²) in [5.41, 5.74) is 1.04. The second-order valence-corrected chi connectivity index (χ2v) is 9.13. The molecule has 3 heterocycles. The molecule has 0 radical (unpaired) electrons. The Labute approximate surface area is 161 Å². The lowest BCUT2D eigenvalue weighted by atomic mass is 10.0. The summed E-state index contributed by atoms with van der Waals surface area (Å²) in [6.45, 7) is 3.74. The van der Waals surface area contributed by atoms with Crippen molar-refractivity contribution in [2.45, 2.75) is 25.8 Å². The quantitative estimate of drug-likeness (QED) is 0.682. The molecule has 26 heavy (non-hydrogen) atoms. The highest BCUT2D eigenvalue weighted by atomic mass is 32.1. The van der Waals surface area contributed by atoms with Gasteiger partial charge in [0.05, 0.1) is 19.9 Å². The zero-order valence-corrected chi connectivity index (χ0v) is 17.0. The third-order valence-electron chi connectivity index (χ3n) is 5.07. The molecule has 0 saturated carbocycles. The molecule has 1 aliphatic rings. The van der Waals surface area contributed by atoms with E-state index in [-0.39, 0.29) is 12.5 Å². The number of thiazole rings is 1. The lowest BCUT2D eigenvalue weighted by Crippen LogP contribution is -2.45. The van der Waals surface area contributed by atoms with Crippen LogP contribution >= 0.6 is 22.7 Å². The van der Waals surface area contributed by atoms with Gasteiger partial charge < -0.3 is 14.5 Å². The summed E-state index contributed by atoms with van der Waals surface area (Å²) in [6, 6.07) is 4.65. The van der Waals surface area contributed by atoms with Crippen molar-refractivity contribution in [3.63, 3.8) is 0 Å². The van der Waals surface area contributed by atoms with Gasteiger partial charge in [-0.1, -0.05) is 0 Å². The number of amides is 1. The fourth-order valence-corrected chi connectivity index (χ4v) is 5.40. The fraction of sp³-hybridized carbons (Fsp3) is 0.474. The van der Waals surface area contributed by atoms with Crippen molar-refractivity contribution in [2.24, 2.45) is 0 Å². The van der Waals surface area contributed by atoms with Crippen molar-refractivity contribution in [1.82, 2.24) is 14.8 Å². The second kappa shape index (κ2) is 7.13. The lowest BCUT2D eigenvalue weighted by Gasteiger charge is -2.35. The van der Waals surface area contributed by atoms with Crippen LogP contribution in [0.1, 0.15) is 17.8 Å². The van der Waals surface area contributed by atoms with Gasteiger partial charge in [0, 0.05) is 30.6 Å². The maximum atomic E-state index is 12.6. The first-order valence-corrected chi connectivity index (χ1v) is 10.6. The number of likely N-dealkylation sites (tertiary alicyclic amines) is 1. The smallest absolute Gasteiger partial charge is 0.260 e. The Balaban J connectivity index is 1.47. The van der Waals surface area contributed by atoms with Crippen molar-refractivity contribution in [1.29, 1.82) is 0 Å². The van der Waals surface area contributed by atoms with Crippen LogP contribution in [-0.4, -0.2) is 60.5 Å². The summed E-state index contributed by atoms with van der Waals surface area (Å²) >= 11 is 3.34. The first kappa shape index (κ1) is 17.7. The lowest BCUT2D eigenvalue weighted by molar-refractivity contribution is -0.134. The van der Waals surface area contributed by atoms with Gasteiger partial charge in [-0.2, -0.15) is 0 Å². The molecule has 3 aromatic rings. The van der Waals surface area contributed by atoms with Crippen LogP contribution in [0.3, 0.4) is 0 Å². The van der Waals surface area contributed by atoms with Crippen LogP contribution in [0.5, 0.6) is 5.75 Å². The maximum Gasteiger partial charge on any atom is 0.260 e. The number of nitrogens with zero attached hydrogens (tertiary/aromatic N) is 3. The van der Waals surface area contributed by atoms with Crippen LogP contribution in [0.15, 0.2) is 17.5 Å². The zero-order chi connectivity index (χ0) is 18.3. The highest BCUT2D eigenvalue weighted by molar-refractivity contribution is 7.21. The Morgan fingerprint density at radius 2 is 2.15 bits per heavy atom. The largest absolute Gasteiger partial charge is 0.483 e. The molecular formula is C19H23N3O2S2. The Morgan fingerprint density at radius 3 is 2.88 bits per heavy atom. The number of carbonyl (C=O) groups excluding carboxylic acids is 1. The average Bonchev–Trinajstić information content (AvgIpc) is 3.25. The molecular weight excluding hydrogens is 366 g/mol. The Bertz CT molecular complexity index is 939. The SMILES string of the molecule is Cc1nc2c(cc(OCC(=O)N3CCC(N(C)C)CC3)c3ccsc32)s1. The third-order valence-corrected chi connectivity index (χ3v) is 6.91. The number of ether oxygens (including phenoxy) is 1. The number of aryl methyl sites for hydroxylation is 1. The van der Waals surface area contributed by atoms with Crippen molar-refractivity contribution >= 4 is 48.9 Å². The highest BCUT2D eigenvalue weighted by Crippen LogP contribution is 2.38. The number of fused-ring (bicyclic) bond motifs is 3. The Hall–Kier alpha value is -1.70. The molecule has 1 amide bonds. The summed E-state index contributed by atoms with van der Waals surface area (Å²) in [7, 11) is 4.21. The van der Waals surface area contributed by atoms with Gasteiger partial charge in [0.15, 0.2) is 6.61 Å². The zero-order valence-electron chi connectivity index (χ0n) is 15.3. The van der Waals surface area contributed by atoms with Crippen LogP contribution in [0.2, 0.25) is 0 Å². The van der Waals surface area contributed by atoms with E-state index in [0.717, 1.165) is 57.0 Å². The molecule has 4 rings (SSSR count). The summed E-state index contributed by atoms with van der Waals surface area (Å²) in [4.78, 5) is 21.4. The molecule has 0 unspecified atom stereocenters. The molecule has 0 bridgehead atoms. The third kappa shape index (κ3) is 3.31. The summed E-state index contributed by atoms with van der Waals surface area (Å²) in [5, 5.41) is 4.15. The number of hydrogen-bond donors (Lipinski definition) is 0. The van der Waals surface area contributed by atoms with E-state index < -0.39 is 0 Å². The predicted octanol–water partition coefficient (Wildman–Crippen LogP) is 3.75. The van der Waals surface area contributed by atoms with Crippen molar-refractivity contribution < 1.29 is 9.53 Å². The van der Waals surface area contributed by atoms with E-state index in [2.05, 4.69) is 35.4 Å². The molecule has 1 aromatic carbocycles. The van der Waals surface area contributed by atoms with E-state index in [4.69, 9.17) is 4.74 Å². The second-order valence-electron chi connectivity index (χ2n) is 6.98. The van der Waals surface area contributed by atoms with Gasteiger partial charge in [-0.05, 0) is 45.3 Å². The predicted molar refractivity (Wildman–Crippen MR) is 109 cm³/mol. The Kier molecular flexibility index (Phi) is 4.86. The molecule has 138 valence electrons. The molecule has 0 aliphatic carbocycles. The molecule has 2 aromatic heterocycles. The molecule has 0 atom stereocenters. The number of carbonyl (C=O) groups is 1.